The van der Waals surface area contributed by atoms with Gasteiger partial charge in [-0.2, -0.15) is 13.2 Å². The number of nitrogens with one attached hydrogen (secondary N) is 1. The Balaban J connectivity index is 1.91. The smallest absolute Gasteiger partial charge is 0.375 e. The molecule has 9 heteroatoms. The monoisotopic (exact) mass is 424 g/mol. The molecule has 0 aliphatic rings. The van der Waals surface area contributed by atoms with Crippen molar-refractivity contribution in [2.45, 2.75) is 18.7 Å². The number of aryl methyl sites for hydroxylation is 1. The Morgan fingerprint density at radius 3 is 2.38 bits per heavy atom. The van der Waals surface area contributed by atoms with Gasteiger partial charge >= 0.3 is 6.18 Å². The van der Waals surface area contributed by atoms with Crippen LogP contribution in [0.5, 0.6) is 0 Å². The van der Waals surface area contributed by atoms with Gasteiger partial charge < -0.3 is 14.9 Å². The Morgan fingerprint density at radius 2 is 1.76 bits per heavy atom. The van der Waals surface area contributed by atoms with E-state index in [0.717, 1.165) is 12.1 Å². The van der Waals surface area contributed by atoms with Crippen LogP contribution >= 0.6 is 11.6 Å². The minimum Gasteiger partial charge on any atom is -0.375 e. The summed E-state index contributed by atoms with van der Waals surface area (Å²) in [4.78, 5) is 12.7. The molecule has 29 heavy (non-hydrogen) atoms. The van der Waals surface area contributed by atoms with E-state index >= 15 is 0 Å². The largest absolute Gasteiger partial charge is 0.423 e. The number of carbonyl (C=O) groups is 1. The summed E-state index contributed by atoms with van der Waals surface area (Å²) in [6.45, 7) is 0.362. The molecule has 0 bridgehead atoms. The predicted molar refractivity (Wildman–Crippen MR) is 100 cm³/mol. The molecular weight excluding hydrogens is 409 g/mol. The van der Waals surface area contributed by atoms with Gasteiger partial charge in [0.25, 0.3) is 5.91 Å². The number of aliphatic hydroxyl groups is 1. The van der Waals surface area contributed by atoms with Crippen molar-refractivity contribution in [2.24, 2.45) is 0 Å². The van der Waals surface area contributed by atoms with Gasteiger partial charge in [-0.05, 0) is 18.6 Å². The average molecular weight is 425 g/mol. The van der Waals surface area contributed by atoms with Gasteiger partial charge in [-0.15, -0.1) is 0 Å². The van der Waals surface area contributed by atoms with Crippen molar-refractivity contribution in [3.63, 3.8) is 0 Å². The highest BCUT2D eigenvalue weighted by molar-refractivity contribution is 6.33. The number of alkyl halides is 3. The van der Waals surface area contributed by atoms with Gasteiger partial charge in [0.15, 0.2) is 0 Å². The average Bonchev–Trinajstić information content (AvgIpc) is 3.07. The van der Waals surface area contributed by atoms with Gasteiger partial charge in [-0.3, -0.25) is 4.79 Å². The minimum absolute atomic E-state index is 0.0595. The lowest BCUT2D eigenvalue weighted by Gasteiger charge is -2.31. The van der Waals surface area contributed by atoms with E-state index in [2.05, 4.69) is 10.5 Å². The highest BCUT2D eigenvalue weighted by Crippen LogP contribution is 2.38. The zero-order chi connectivity index (χ0) is 21.2. The van der Waals surface area contributed by atoms with Crippen LogP contribution in [0.15, 0.2) is 59.1 Å². The number of hydrogen-bond donors (Lipinski definition) is 2. The minimum atomic E-state index is -5.02. The van der Waals surface area contributed by atoms with Crippen LogP contribution in [-0.2, 0) is 5.60 Å². The first-order valence-corrected chi connectivity index (χ1v) is 8.87. The number of benzene rings is 2. The molecule has 1 amide bonds. The van der Waals surface area contributed by atoms with Crippen molar-refractivity contribution in [2.75, 3.05) is 6.54 Å². The second-order valence-electron chi connectivity index (χ2n) is 6.35. The Morgan fingerprint density at radius 1 is 1.14 bits per heavy atom. The summed E-state index contributed by atoms with van der Waals surface area (Å²) in [5.74, 6) is -0.773. The molecular formula is C20H16ClF3N2O3. The molecule has 2 N–H and O–H groups in total. The third-order valence-electron chi connectivity index (χ3n) is 4.44. The quantitative estimate of drug-likeness (QED) is 0.633. The first kappa shape index (κ1) is 20.9. The molecule has 0 saturated carbocycles. The molecule has 3 aromatic rings. The zero-order valence-corrected chi connectivity index (χ0v) is 15.9. The van der Waals surface area contributed by atoms with Crippen LogP contribution in [0.25, 0.3) is 11.3 Å². The lowest BCUT2D eigenvalue weighted by atomic mass is 9.92. The fourth-order valence-corrected chi connectivity index (χ4v) is 3.08. The van der Waals surface area contributed by atoms with Crippen molar-refractivity contribution in [3.8, 4) is 11.3 Å². The molecule has 1 aromatic heterocycles. The lowest BCUT2D eigenvalue weighted by Crippen LogP contribution is -2.51. The molecule has 5 nitrogen and oxygen atoms in total. The molecule has 152 valence electrons. The number of amides is 1. The maximum Gasteiger partial charge on any atom is 0.423 e. The van der Waals surface area contributed by atoms with Crippen LogP contribution < -0.4 is 5.32 Å². The van der Waals surface area contributed by atoms with Crippen LogP contribution in [0.4, 0.5) is 13.2 Å². The standard InChI is InChI=1S/C20H16ClF3N2O3/c1-12-16(17(26-29-12)14-9-5-6-10-15(14)21)18(27)25-11-19(28,20(22,23)24)13-7-3-2-4-8-13/h2-10,28H,11H2,1H3,(H,25,27). The molecule has 0 fully saturated rings. The van der Waals surface area contributed by atoms with E-state index in [1.165, 1.54) is 25.1 Å². The van der Waals surface area contributed by atoms with Gasteiger partial charge in [0.05, 0.1) is 11.6 Å². The van der Waals surface area contributed by atoms with E-state index < -0.39 is 24.2 Å². The predicted octanol–water partition coefficient (Wildman–Crippen LogP) is 4.48. The third-order valence-corrected chi connectivity index (χ3v) is 4.77. The van der Waals surface area contributed by atoms with E-state index in [1.807, 2.05) is 0 Å². The van der Waals surface area contributed by atoms with Crippen LogP contribution in [0, 0.1) is 6.92 Å². The molecule has 0 saturated heterocycles. The number of aromatic nitrogens is 1. The molecule has 3 rings (SSSR count). The van der Waals surface area contributed by atoms with E-state index in [0.29, 0.717) is 10.6 Å². The third kappa shape index (κ3) is 3.99. The molecule has 2 aromatic carbocycles. The fourth-order valence-electron chi connectivity index (χ4n) is 2.85. The summed E-state index contributed by atoms with van der Waals surface area (Å²) in [5, 5.41) is 16.6. The summed E-state index contributed by atoms with van der Waals surface area (Å²) in [6.07, 6.45) is -5.02. The first-order valence-electron chi connectivity index (χ1n) is 8.49. The number of hydrogen-bond acceptors (Lipinski definition) is 4. The van der Waals surface area contributed by atoms with E-state index in [9.17, 15) is 23.1 Å². The van der Waals surface area contributed by atoms with Crippen LogP contribution in [0.1, 0.15) is 21.7 Å². The molecule has 0 radical (unpaired) electrons. The van der Waals surface area contributed by atoms with E-state index in [1.54, 1.807) is 24.3 Å². The normalized spacial score (nSPS) is 13.7. The summed E-state index contributed by atoms with van der Waals surface area (Å²) in [5.41, 5.74) is -3.22. The number of halogens is 4. The highest BCUT2D eigenvalue weighted by atomic mass is 35.5. The van der Waals surface area contributed by atoms with Crippen molar-refractivity contribution in [1.29, 1.82) is 0 Å². The summed E-state index contributed by atoms with van der Waals surface area (Å²) < 4.78 is 45.9. The lowest BCUT2D eigenvalue weighted by molar-refractivity contribution is -0.263. The van der Waals surface area contributed by atoms with Crippen molar-refractivity contribution < 1.29 is 27.6 Å². The van der Waals surface area contributed by atoms with Gasteiger partial charge in [0.1, 0.15) is 17.0 Å². The number of carbonyl (C=O) groups excluding carboxylic acids is 1. The highest BCUT2D eigenvalue weighted by Gasteiger charge is 2.55. The van der Waals surface area contributed by atoms with Gasteiger partial charge in [-0.1, -0.05) is 65.3 Å². The number of nitrogens with zero attached hydrogens (tertiary/aromatic N) is 1. The van der Waals surface area contributed by atoms with Gasteiger partial charge in [-0.25, -0.2) is 0 Å². The topological polar surface area (TPSA) is 75.4 Å². The second-order valence-corrected chi connectivity index (χ2v) is 6.76. The summed E-state index contributed by atoms with van der Waals surface area (Å²) in [7, 11) is 0. The second kappa shape index (κ2) is 7.88. The molecule has 1 unspecified atom stereocenters. The Bertz CT molecular complexity index is 1020. The number of rotatable bonds is 5. The maximum atomic E-state index is 13.6. The molecule has 0 aliphatic carbocycles. The molecule has 0 aliphatic heterocycles. The van der Waals surface area contributed by atoms with Gasteiger partial charge in [0, 0.05) is 5.56 Å². The molecule has 0 spiro atoms. The Kier molecular flexibility index (Phi) is 5.68. The Labute approximate surface area is 169 Å². The molecule has 1 heterocycles. The van der Waals surface area contributed by atoms with Gasteiger partial charge in [0.2, 0.25) is 5.60 Å². The first-order chi connectivity index (χ1) is 13.6. The van der Waals surface area contributed by atoms with Crippen LogP contribution in [0.2, 0.25) is 5.02 Å². The fraction of sp³-hybridized carbons (Fsp3) is 0.200. The van der Waals surface area contributed by atoms with Crippen molar-refractivity contribution >= 4 is 17.5 Å². The SMILES string of the molecule is Cc1onc(-c2ccccc2Cl)c1C(=O)NCC(O)(c1ccccc1)C(F)(F)F. The summed E-state index contributed by atoms with van der Waals surface area (Å²) >= 11 is 6.13. The molecule has 1 atom stereocenters. The van der Waals surface area contributed by atoms with E-state index in [4.69, 9.17) is 16.1 Å². The zero-order valence-electron chi connectivity index (χ0n) is 15.1. The van der Waals surface area contributed by atoms with E-state index in [-0.39, 0.29) is 22.6 Å². The maximum absolute atomic E-state index is 13.6. The van der Waals surface area contributed by atoms with Crippen LogP contribution in [0.3, 0.4) is 0 Å². The van der Waals surface area contributed by atoms with Crippen LogP contribution in [-0.4, -0.2) is 28.9 Å². The Hall–Kier alpha value is -2.84. The van der Waals surface area contributed by atoms with Crippen molar-refractivity contribution in [3.05, 3.63) is 76.5 Å². The summed E-state index contributed by atoms with van der Waals surface area (Å²) in [6, 6.07) is 13.1. The van der Waals surface area contributed by atoms with Crippen molar-refractivity contribution in [1.82, 2.24) is 10.5 Å².